The molecule has 1 aromatic rings. The number of carbonyl (C=O) groups is 1. The van der Waals surface area contributed by atoms with E-state index in [0.29, 0.717) is 29.1 Å². The molecule has 1 aliphatic rings. The lowest BCUT2D eigenvalue weighted by molar-refractivity contribution is -0.384. The van der Waals surface area contributed by atoms with Gasteiger partial charge in [0.25, 0.3) is 5.69 Å². The molecule has 1 aromatic carbocycles. The molecular formula is C13H15BrN2O3. The summed E-state index contributed by atoms with van der Waals surface area (Å²) in [6, 6.07) is 5.08. The van der Waals surface area contributed by atoms with Crippen molar-refractivity contribution in [3.8, 4) is 0 Å². The first kappa shape index (κ1) is 14.0. The van der Waals surface area contributed by atoms with Crippen LogP contribution in [0.2, 0.25) is 0 Å². The van der Waals surface area contributed by atoms with Crippen LogP contribution in [-0.2, 0) is 4.79 Å². The highest BCUT2D eigenvalue weighted by atomic mass is 79.9. The first-order chi connectivity index (χ1) is 8.99. The number of benzene rings is 1. The SMILES string of the molecule is CN(c1ccc([N+](=O)[O-])cc1Br)C1CCC(=O)CC1. The summed E-state index contributed by atoms with van der Waals surface area (Å²) in [6.07, 6.45) is 2.94. The van der Waals surface area contributed by atoms with E-state index in [1.165, 1.54) is 12.1 Å². The van der Waals surface area contributed by atoms with Gasteiger partial charge in [0.2, 0.25) is 0 Å². The third-order valence-corrected chi connectivity index (χ3v) is 4.22. The van der Waals surface area contributed by atoms with E-state index in [1.54, 1.807) is 6.07 Å². The highest BCUT2D eigenvalue weighted by molar-refractivity contribution is 9.10. The molecule has 0 bridgehead atoms. The van der Waals surface area contributed by atoms with Crippen molar-refractivity contribution >= 4 is 33.1 Å². The van der Waals surface area contributed by atoms with Gasteiger partial charge >= 0.3 is 0 Å². The zero-order valence-corrected chi connectivity index (χ0v) is 12.2. The van der Waals surface area contributed by atoms with Crippen LogP contribution in [-0.4, -0.2) is 23.8 Å². The van der Waals surface area contributed by atoms with Crippen molar-refractivity contribution in [1.82, 2.24) is 0 Å². The monoisotopic (exact) mass is 326 g/mol. The van der Waals surface area contributed by atoms with E-state index < -0.39 is 4.92 Å². The summed E-state index contributed by atoms with van der Waals surface area (Å²) in [7, 11) is 1.96. The molecule has 0 saturated heterocycles. The second-order valence-corrected chi connectivity index (χ2v) is 5.63. The number of hydrogen-bond acceptors (Lipinski definition) is 4. The lowest BCUT2D eigenvalue weighted by Crippen LogP contribution is -2.35. The predicted molar refractivity (Wildman–Crippen MR) is 76.5 cm³/mol. The van der Waals surface area contributed by atoms with Gasteiger partial charge in [-0.15, -0.1) is 0 Å². The fourth-order valence-electron chi connectivity index (χ4n) is 2.40. The van der Waals surface area contributed by atoms with Crippen LogP contribution in [0, 0.1) is 10.1 Å². The summed E-state index contributed by atoms with van der Waals surface area (Å²) < 4.78 is 0.709. The topological polar surface area (TPSA) is 63.4 Å². The number of ketones is 1. The smallest absolute Gasteiger partial charge is 0.270 e. The number of halogens is 1. The van der Waals surface area contributed by atoms with E-state index >= 15 is 0 Å². The van der Waals surface area contributed by atoms with E-state index in [1.807, 2.05) is 7.05 Å². The van der Waals surface area contributed by atoms with E-state index in [-0.39, 0.29) is 5.69 Å². The van der Waals surface area contributed by atoms with Gasteiger partial charge in [0, 0.05) is 42.5 Å². The molecule has 0 atom stereocenters. The van der Waals surface area contributed by atoms with Crippen molar-refractivity contribution in [3.63, 3.8) is 0 Å². The molecule has 1 saturated carbocycles. The highest BCUT2D eigenvalue weighted by Crippen LogP contribution is 2.33. The minimum absolute atomic E-state index is 0.0721. The molecule has 0 N–H and O–H groups in total. The second kappa shape index (κ2) is 5.69. The molecule has 6 heteroatoms. The first-order valence-corrected chi connectivity index (χ1v) is 6.97. The van der Waals surface area contributed by atoms with Gasteiger partial charge in [-0.25, -0.2) is 0 Å². The number of nitro benzene ring substituents is 1. The molecule has 2 rings (SSSR count). The van der Waals surface area contributed by atoms with Crippen molar-refractivity contribution in [2.24, 2.45) is 0 Å². The largest absolute Gasteiger partial charge is 0.371 e. The van der Waals surface area contributed by atoms with Crippen molar-refractivity contribution in [3.05, 3.63) is 32.8 Å². The molecule has 0 aliphatic heterocycles. The van der Waals surface area contributed by atoms with Gasteiger partial charge in [-0.2, -0.15) is 0 Å². The number of anilines is 1. The highest BCUT2D eigenvalue weighted by Gasteiger charge is 2.24. The van der Waals surface area contributed by atoms with Crippen molar-refractivity contribution < 1.29 is 9.72 Å². The Labute approximate surface area is 119 Å². The summed E-state index contributed by atoms with van der Waals surface area (Å²) in [5.41, 5.74) is 0.993. The number of non-ortho nitro benzene ring substituents is 1. The molecule has 5 nitrogen and oxygen atoms in total. The minimum atomic E-state index is -0.409. The van der Waals surface area contributed by atoms with Gasteiger partial charge in [-0.1, -0.05) is 0 Å². The quantitative estimate of drug-likeness (QED) is 0.631. The molecule has 1 aliphatic carbocycles. The Morgan fingerprint density at radius 1 is 1.37 bits per heavy atom. The van der Waals surface area contributed by atoms with Gasteiger partial charge in [0.1, 0.15) is 5.78 Å². The Hall–Kier alpha value is -1.43. The van der Waals surface area contributed by atoms with E-state index in [4.69, 9.17) is 0 Å². The molecule has 0 unspecified atom stereocenters. The second-order valence-electron chi connectivity index (χ2n) is 4.77. The summed E-state index contributed by atoms with van der Waals surface area (Å²) in [5, 5.41) is 10.7. The van der Waals surface area contributed by atoms with Crippen LogP contribution < -0.4 is 4.90 Å². The van der Waals surface area contributed by atoms with E-state index in [9.17, 15) is 14.9 Å². The van der Waals surface area contributed by atoms with Crippen LogP contribution in [0.1, 0.15) is 25.7 Å². The third kappa shape index (κ3) is 3.12. The summed E-state index contributed by atoms with van der Waals surface area (Å²) in [5.74, 6) is 0.326. The lowest BCUT2D eigenvalue weighted by Gasteiger charge is -2.33. The van der Waals surface area contributed by atoms with Gasteiger partial charge in [-0.3, -0.25) is 14.9 Å². The maximum absolute atomic E-state index is 11.3. The molecule has 0 heterocycles. The Morgan fingerprint density at radius 2 is 2.00 bits per heavy atom. The van der Waals surface area contributed by atoms with Gasteiger partial charge < -0.3 is 4.90 Å². The summed E-state index contributed by atoms with van der Waals surface area (Å²) in [4.78, 5) is 23.6. The van der Waals surface area contributed by atoms with Crippen LogP contribution in [0.4, 0.5) is 11.4 Å². The molecule has 0 amide bonds. The Balaban J connectivity index is 2.17. The average molecular weight is 327 g/mol. The zero-order chi connectivity index (χ0) is 14.0. The third-order valence-electron chi connectivity index (χ3n) is 3.58. The fraction of sp³-hybridized carbons (Fsp3) is 0.462. The Morgan fingerprint density at radius 3 is 2.53 bits per heavy atom. The normalized spacial score (nSPS) is 16.4. The predicted octanol–water partition coefficient (Wildman–Crippen LogP) is 3.31. The van der Waals surface area contributed by atoms with Crippen LogP contribution >= 0.6 is 15.9 Å². The van der Waals surface area contributed by atoms with Crippen LogP contribution in [0.5, 0.6) is 0 Å². The molecular weight excluding hydrogens is 312 g/mol. The number of hydrogen-bond donors (Lipinski definition) is 0. The number of nitro groups is 1. The van der Waals surface area contributed by atoms with Crippen LogP contribution in [0.15, 0.2) is 22.7 Å². The van der Waals surface area contributed by atoms with Crippen molar-refractivity contribution in [2.75, 3.05) is 11.9 Å². The Bertz CT molecular complexity index is 509. The maximum atomic E-state index is 11.3. The van der Waals surface area contributed by atoms with Crippen LogP contribution in [0.3, 0.4) is 0 Å². The number of rotatable bonds is 3. The van der Waals surface area contributed by atoms with Gasteiger partial charge in [-0.05, 0) is 34.8 Å². The van der Waals surface area contributed by atoms with Crippen molar-refractivity contribution in [2.45, 2.75) is 31.7 Å². The van der Waals surface area contributed by atoms with Crippen LogP contribution in [0.25, 0.3) is 0 Å². The van der Waals surface area contributed by atoms with E-state index in [0.717, 1.165) is 18.5 Å². The molecule has 0 spiro atoms. The lowest BCUT2D eigenvalue weighted by atomic mass is 9.93. The average Bonchev–Trinajstić information content (AvgIpc) is 2.38. The first-order valence-electron chi connectivity index (χ1n) is 6.17. The Kier molecular flexibility index (Phi) is 4.19. The summed E-state index contributed by atoms with van der Waals surface area (Å²) in [6.45, 7) is 0. The standard InChI is InChI=1S/C13H15BrN2O3/c1-15(9-2-5-11(17)6-3-9)13-7-4-10(16(18)19)8-12(13)14/h4,7-9H,2-3,5-6H2,1H3. The minimum Gasteiger partial charge on any atom is -0.371 e. The van der Waals surface area contributed by atoms with Gasteiger partial charge in [0.15, 0.2) is 0 Å². The number of carbonyl (C=O) groups excluding carboxylic acids is 1. The number of Topliss-reactive ketones (excluding diaryl/α,β-unsaturated/α-hetero) is 1. The van der Waals surface area contributed by atoms with Gasteiger partial charge in [0.05, 0.1) is 10.6 Å². The molecule has 0 aromatic heterocycles. The number of nitrogens with zero attached hydrogens (tertiary/aromatic N) is 2. The molecule has 102 valence electrons. The fourth-order valence-corrected chi connectivity index (χ4v) is 3.05. The zero-order valence-electron chi connectivity index (χ0n) is 10.6. The molecule has 0 radical (unpaired) electrons. The van der Waals surface area contributed by atoms with E-state index in [2.05, 4.69) is 20.8 Å². The maximum Gasteiger partial charge on any atom is 0.270 e. The van der Waals surface area contributed by atoms with Crippen molar-refractivity contribution in [1.29, 1.82) is 0 Å². The molecule has 19 heavy (non-hydrogen) atoms. The molecule has 1 fully saturated rings. The summed E-state index contributed by atoms with van der Waals surface area (Å²) >= 11 is 3.38.